The zero-order valence-corrected chi connectivity index (χ0v) is 19.0. The van der Waals surface area contributed by atoms with Gasteiger partial charge in [0, 0.05) is 27.9 Å². The van der Waals surface area contributed by atoms with Crippen molar-refractivity contribution in [2.75, 3.05) is 18.4 Å². The highest BCUT2D eigenvalue weighted by Crippen LogP contribution is 2.30. The molecule has 4 rings (SSSR count). The standard InChI is InChI=1S/C25H29N5S/c1-18(2)14-22-8-9-23(31-22)17-30-12-10-19(11-13-30)24-4-3-5-25(29-24)28-21-7-6-20(15-26)27-16-21/h3-9,16,18-19H,10-14,17H2,1-2H3,(H,28,29). The molecule has 0 spiro atoms. The van der Waals surface area contributed by atoms with Gasteiger partial charge in [-0.15, -0.1) is 11.3 Å². The van der Waals surface area contributed by atoms with Crippen LogP contribution < -0.4 is 5.32 Å². The van der Waals surface area contributed by atoms with Gasteiger partial charge in [0.25, 0.3) is 0 Å². The summed E-state index contributed by atoms with van der Waals surface area (Å²) in [7, 11) is 0. The number of pyridine rings is 2. The second-order valence-corrected chi connectivity index (χ2v) is 9.89. The molecule has 0 bridgehead atoms. The molecule has 5 nitrogen and oxygen atoms in total. The number of rotatable bonds is 7. The fraction of sp³-hybridized carbons (Fsp3) is 0.400. The van der Waals surface area contributed by atoms with Crippen molar-refractivity contribution in [2.45, 2.75) is 45.6 Å². The summed E-state index contributed by atoms with van der Waals surface area (Å²) < 4.78 is 0. The maximum absolute atomic E-state index is 8.88. The minimum Gasteiger partial charge on any atom is -0.339 e. The number of nitriles is 1. The molecule has 4 heterocycles. The molecule has 0 aliphatic carbocycles. The van der Waals surface area contributed by atoms with Crippen molar-refractivity contribution in [1.29, 1.82) is 5.26 Å². The molecule has 1 aliphatic heterocycles. The van der Waals surface area contributed by atoms with Gasteiger partial charge in [0.2, 0.25) is 0 Å². The Balaban J connectivity index is 1.31. The maximum Gasteiger partial charge on any atom is 0.140 e. The molecule has 0 atom stereocenters. The van der Waals surface area contributed by atoms with Gasteiger partial charge in [0.05, 0.1) is 11.9 Å². The van der Waals surface area contributed by atoms with Crippen LogP contribution in [0.4, 0.5) is 11.5 Å². The lowest BCUT2D eigenvalue weighted by molar-refractivity contribution is 0.205. The molecular formula is C25H29N5S. The Morgan fingerprint density at radius 2 is 1.94 bits per heavy atom. The predicted molar refractivity (Wildman–Crippen MR) is 127 cm³/mol. The Bertz CT molecular complexity index is 1030. The highest BCUT2D eigenvalue weighted by Gasteiger charge is 2.22. The van der Waals surface area contributed by atoms with Crippen molar-refractivity contribution in [3.05, 3.63) is 69.8 Å². The van der Waals surface area contributed by atoms with E-state index in [4.69, 9.17) is 10.2 Å². The molecule has 1 saturated heterocycles. The number of piperidine rings is 1. The van der Waals surface area contributed by atoms with Crippen molar-refractivity contribution in [3.63, 3.8) is 0 Å². The molecule has 3 aromatic rings. The number of nitrogens with one attached hydrogen (secondary N) is 1. The summed E-state index contributed by atoms with van der Waals surface area (Å²) in [5.74, 6) is 2.04. The lowest BCUT2D eigenvalue weighted by atomic mass is 9.93. The summed E-state index contributed by atoms with van der Waals surface area (Å²) in [4.78, 5) is 14.5. The smallest absolute Gasteiger partial charge is 0.140 e. The van der Waals surface area contributed by atoms with Crippen LogP contribution >= 0.6 is 11.3 Å². The molecule has 0 unspecified atom stereocenters. The molecular weight excluding hydrogens is 402 g/mol. The van der Waals surface area contributed by atoms with E-state index < -0.39 is 0 Å². The van der Waals surface area contributed by atoms with E-state index in [-0.39, 0.29) is 0 Å². The molecule has 1 N–H and O–H groups in total. The normalized spacial score (nSPS) is 15.2. The van der Waals surface area contributed by atoms with Gasteiger partial charge in [-0.2, -0.15) is 5.26 Å². The molecule has 6 heteroatoms. The third kappa shape index (κ3) is 5.90. The summed E-state index contributed by atoms with van der Waals surface area (Å²) >= 11 is 1.97. The van der Waals surface area contributed by atoms with Gasteiger partial charge in [-0.3, -0.25) is 4.90 Å². The van der Waals surface area contributed by atoms with Crippen LogP contribution in [0.25, 0.3) is 0 Å². The first-order chi connectivity index (χ1) is 15.1. The highest BCUT2D eigenvalue weighted by atomic mass is 32.1. The number of aromatic nitrogens is 2. The number of likely N-dealkylation sites (tertiary alicyclic amines) is 1. The van der Waals surface area contributed by atoms with Gasteiger partial charge in [-0.05, 0) is 74.7 Å². The average Bonchev–Trinajstić information content (AvgIpc) is 3.21. The summed E-state index contributed by atoms with van der Waals surface area (Å²) in [6, 6.07) is 16.4. The second-order valence-electron chi connectivity index (χ2n) is 8.63. The van der Waals surface area contributed by atoms with Crippen LogP contribution in [0.2, 0.25) is 0 Å². The largest absolute Gasteiger partial charge is 0.339 e. The van der Waals surface area contributed by atoms with Crippen LogP contribution in [0.1, 0.15) is 53.7 Å². The summed E-state index contributed by atoms with van der Waals surface area (Å²) in [5, 5.41) is 12.2. The van der Waals surface area contributed by atoms with Gasteiger partial charge in [-0.1, -0.05) is 19.9 Å². The number of anilines is 2. The van der Waals surface area contributed by atoms with Crippen molar-refractivity contribution < 1.29 is 0 Å². The molecule has 0 aromatic carbocycles. The van der Waals surface area contributed by atoms with E-state index in [1.54, 1.807) is 12.3 Å². The first-order valence-corrected chi connectivity index (χ1v) is 11.8. The predicted octanol–water partition coefficient (Wildman–Crippen LogP) is 5.73. The Morgan fingerprint density at radius 1 is 1.13 bits per heavy atom. The van der Waals surface area contributed by atoms with Crippen molar-refractivity contribution in [3.8, 4) is 6.07 Å². The first-order valence-electron chi connectivity index (χ1n) is 11.0. The summed E-state index contributed by atoms with van der Waals surface area (Å²) in [5.41, 5.74) is 2.41. The Hall–Kier alpha value is -2.75. The first kappa shape index (κ1) is 21.5. The molecule has 1 aliphatic rings. The van der Waals surface area contributed by atoms with E-state index in [1.807, 2.05) is 29.5 Å². The minimum atomic E-state index is 0.415. The Morgan fingerprint density at radius 3 is 2.65 bits per heavy atom. The van der Waals surface area contributed by atoms with E-state index in [0.29, 0.717) is 17.5 Å². The number of hydrogen-bond acceptors (Lipinski definition) is 6. The third-order valence-electron chi connectivity index (χ3n) is 5.63. The zero-order chi connectivity index (χ0) is 21.6. The lowest BCUT2D eigenvalue weighted by Gasteiger charge is -2.31. The van der Waals surface area contributed by atoms with Crippen LogP contribution in [-0.2, 0) is 13.0 Å². The summed E-state index contributed by atoms with van der Waals surface area (Å²) in [6.07, 6.45) is 5.13. The minimum absolute atomic E-state index is 0.415. The van der Waals surface area contributed by atoms with Crippen LogP contribution in [-0.4, -0.2) is 28.0 Å². The van der Waals surface area contributed by atoms with E-state index >= 15 is 0 Å². The average molecular weight is 432 g/mol. The molecule has 0 amide bonds. The molecule has 0 radical (unpaired) electrons. The van der Waals surface area contributed by atoms with Crippen LogP contribution in [0.5, 0.6) is 0 Å². The fourth-order valence-electron chi connectivity index (χ4n) is 4.06. The van der Waals surface area contributed by atoms with Gasteiger partial charge >= 0.3 is 0 Å². The molecule has 3 aromatic heterocycles. The molecule has 31 heavy (non-hydrogen) atoms. The zero-order valence-electron chi connectivity index (χ0n) is 18.2. The molecule has 1 fully saturated rings. The van der Waals surface area contributed by atoms with Crippen molar-refractivity contribution in [2.24, 2.45) is 5.92 Å². The maximum atomic E-state index is 8.88. The lowest BCUT2D eigenvalue weighted by Crippen LogP contribution is -2.32. The topological polar surface area (TPSA) is 64.8 Å². The van der Waals surface area contributed by atoms with Gasteiger partial charge in [0.1, 0.15) is 17.6 Å². The van der Waals surface area contributed by atoms with Gasteiger partial charge in [0.15, 0.2) is 0 Å². The van der Waals surface area contributed by atoms with E-state index in [2.05, 4.69) is 53.3 Å². The van der Waals surface area contributed by atoms with Crippen molar-refractivity contribution >= 4 is 22.8 Å². The van der Waals surface area contributed by atoms with Crippen molar-refractivity contribution in [1.82, 2.24) is 14.9 Å². The van der Waals surface area contributed by atoms with E-state index in [0.717, 1.165) is 49.7 Å². The van der Waals surface area contributed by atoms with Gasteiger partial charge in [-0.25, -0.2) is 9.97 Å². The Labute approximate surface area is 188 Å². The molecule has 160 valence electrons. The number of thiophene rings is 1. The monoisotopic (exact) mass is 431 g/mol. The van der Waals surface area contributed by atoms with Crippen LogP contribution in [0, 0.1) is 17.2 Å². The van der Waals surface area contributed by atoms with Gasteiger partial charge < -0.3 is 5.32 Å². The quantitative estimate of drug-likeness (QED) is 0.517. The number of nitrogens with zero attached hydrogens (tertiary/aromatic N) is 4. The van der Waals surface area contributed by atoms with Crippen LogP contribution in [0.15, 0.2) is 48.7 Å². The third-order valence-corrected chi connectivity index (χ3v) is 6.73. The van der Waals surface area contributed by atoms with E-state index in [9.17, 15) is 0 Å². The Kier molecular flexibility index (Phi) is 6.96. The number of hydrogen-bond donors (Lipinski definition) is 1. The molecule has 0 saturated carbocycles. The van der Waals surface area contributed by atoms with Crippen LogP contribution in [0.3, 0.4) is 0 Å². The SMILES string of the molecule is CC(C)Cc1ccc(CN2CCC(c3cccc(Nc4ccc(C#N)nc4)n3)CC2)s1. The summed E-state index contributed by atoms with van der Waals surface area (Å²) in [6.45, 7) is 7.85. The van der Waals surface area contributed by atoms with E-state index in [1.165, 1.54) is 16.2 Å². The fourth-order valence-corrected chi connectivity index (χ4v) is 5.33. The highest BCUT2D eigenvalue weighted by molar-refractivity contribution is 7.11. The second kappa shape index (κ2) is 10.0.